The van der Waals surface area contributed by atoms with E-state index in [-0.39, 0.29) is 10.6 Å². The molecule has 8 heteroatoms. The highest BCUT2D eigenvalue weighted by molar-refractivity contribution is 7.98. The standard InChI is InChI=1S/C13H17N5O2S/c1-2-3-8-12-15-16-13(17(12)14)21-9-10-6-4-5-7-11(10)18(19)20/h4-7H,2-3,8-9,14H2,1H3. The summed E-state index contributed by atoms with van der Waals surface area (Å²) >= 11 is 1.35. The highest BCUT2D eigenvalue weighted by Crippen LogP contribution is 2.26. The van der Waals surface area contributed by atoms with Crippen molar-refractivity contribution >= 4 is 17.4 Å². The Morgan fingerprint density at radius 1 is 1.38 bits per heavy atom. The summed E-state index contributed by atoms with van der Waals surface area (Å²) in [5, 5.41) is 19.6. The SMILES string of the molecule is CCCCc1nnc(SCc2ccccc2[N+](=O)[O-])n1N. The summed E-state index contributed by atoms with van der Waals surface area (Å²) in [6, 6.07) is 6.67. The molecule has 0 aliphatic heterocycles. The van der Waals surface area contributed by atoms with Crippen molar-refractivity contribution in [1.82, 2.24) is 14.9 Å². The second kappa shape index (κ2) is 7.07. The summed E-state index contributed by atoms with van der Waals surface area (Å²) in [5.74, 6) is 7.11. The lowest BCUT2D eigenvalue weighted by molar-refractivity contribution is -0.385. The summed E-state index contributed by atoms with van der Waals surface area (Å²) < 4.78 is 1.47. The van der Waals surface area contributed by atoms with Gasteiger partial charge < -0.3 is 5.84 Å². The van der Waals surface area contributed by atoms with E-state index >= 15 is 0 Å². The molecule has 1 aromatic carbocycles. The minimum absolute atomic E-state index is 0.110. The predicted octanol–water partition coefficient (Wildman–Crippen LogP) is 2.53. The van der Waals surface area contributed by atoms with Crippen molar-refractivity contribution in [2.75, 3.05) is 5.84 Å². The smallest absolute Gasteiger partial charge is 0.273 e. The van der Waals surface area contributed by atoms with Gasteiger partial charge in [-0.2, -0.15) is 0 Å². The Labute approximate surface area is 126 Å². The first-order valence-corrected chi connectivity index (χ1v) is 7.66. The number of nitrogen functional groups attached to an aromatic ring is 1. The van der Waals surface area contributed by atoms with Gasteiger partial charge in [0.15, 0.2) is 5.82 Å². The normalized spacial score (nSPS) is 10.7. The van der Waals surface area contributed by atoms with Gasteiger partial charge in [-0.25, -0.2) is 4.68 Å². The molecule has 0 aliphatic carbocycles. The third-order valence-electron chi connectivity index (χ3n) is 3.03. The van der Waals surface area contributed by atoms with Crippen LogP contribution in [0.5, 0.6) is 0 Å². The lowest BCUT2D eigenvalue weighted by atomic mass is 10.2. The average Bonchev–Trinajstić information content (AvgIpc) is 2.83. The number of unbranched alkanes of at least 4 members (excludes halogenated alkanes) is 1. The van der Waals surface area contributed by atoms with Crippen LogP contribution in [0.2, 0.25) is 0 Å². The monoisotopic (exact) mass is 307 g/mol. The van der Waals surface area contributed by atoms with Crippen molar-refractivity contribution in [3.05, 3.63) is 45.8 Å². The third kappa shape index (κ3) is 3.72. The molecule has 0 atom stereocenters. The second-order valence-corrected chi connectivity index (χ2v) is 5.49. The van der Waals surface area contributed by atoms with Gasteiger partial charge in [0.05, 0.1) is 4.92 Å². The zero-order valence-corrected chi connectivity index (χ0v) is 12.5. The van der Waals surface area contributed by atoms with E-state index in [1.165, 1.54) is 22.5 Å². The zero-order chi connectivity index (χ0) is 15.2. The summed E-state index contributed by atoms with van der Waals surface area (Å²) in [5.41, 5.74) is 0.755. The van der Waals surface area contributed by atoms with Gasteiger partial charge in [-0.1, -0.05) is 43.3 Å². The molecule has 0 saturated heterocycles. The van der Waals surface area contributed by atoms with E-state index in [0.717, 1.165) is 25.1 Å². The molecule has 112 valence electrons. The minimum Gasteiger partial charge on any atom is -0.336 e. The van der Waals surface area contributed by atoms with Crippen LogP contribution in [0, 0.1) is 10.1 Å². The summed E-state index contributed by atoms with van der Waals surface area (Å²) in [7, 11) is 0. The predicted molar refractivity (Wildman–Crippen MR) is 81.4 cm³/mol. The fraction of sp³-hybridized carbons (Fsp3) is 0.385. The van der Waals surface area contributed by atoms with E-state index in [0.29, 0.717) is 16.5 Å². The first-order valence-electron chi connectivity index (χ1n) is 6.68. The number of thioether (sulfide) groups is 1. The van der Waals surface area contributed by atoms with Crippen molar-refractivity contribution in [1.29, 1.82) is 0 Å². The summed E-state index contributed by atoms with van der Waals surface area (Å²) in [6.07, 6.45) is 2.85. The van der Waals surface area contributed by atoms with Gasteiger partial charge in [-0.15, -0.1) is 10.2 Å². The molecule has 1 heterocycles. The molecule has 0 spiro atoms. The zero-order valence-electron chi connectivity index (χ0n) is 11.7. The molecule has 0 aliphatic rings. The largest absolute Gasteiger partial charge is 0.336 e. The molecule has 0 amide bonds. The maximum atomic E-state index is 11.0. The quantitative estimate of drug-likeness (QED) is 0.365. The van der Waals surface area contributed by atoms with Crippen LogP contribution in [0.15, 0.2) is 29.4 Å². The van der Waals surface area contributed by atoms with E-state index in [1.807, 2.05) is 0 Å². The number of hydrogen-bond donors (Lipinski definition) is 1. The van der Waals surface area contributed by atoms with Gasteiger partial charge in [0.25, 0.3) is 5.69 Å². The maximum Gasteiger partial charge on any atom is 0.273 e. The Bertz CT molecular complexity index is 629. The molecule has 1 aromatic heterocycles. The number of benzene rings is 1. The molecule has 2 N–H and O–H groups in total. The number of nitro benzene ring substituents is 1. The molecular weight excluding hydrogens is 290 g/mol. The molecule has 2 aromatic rings. The molecule has 0 fully saturated rings. The van der Waals surface area contributed by atoms with Crippen molar-refractivity contribution < 1.29 is 4.92 Å². The molecule has 21 heavy (non-hydrogen) atoms. The third-order valence-corrected chi connectivity index (χ3v) is 4.03. The fourth-order valence-corrected chi connectivity index (χ4v) is 2.74. The van der Waals surface area contributed by atoms with Gasteiger partial charge in [0.2, 0.25) is 5.16 Å². The highest BCUT2D eigenvalue weighted by Gasteiger charge is 2.15. The molecule has 2 rings (SSSR count). The van der Waals surface area contributed by atoms with Crippen LogP contribution in [0.25, 0.3) is 0 Å². The first kappa shape index (κ1) is 15.3. The molecule has 0 radical (unpaired) electrons. The van der Waals surface area contributed by atoms with Crippen molar-refractivity contribution in [3.63, 3.8) is 0 Å². The number of nitrogens with zero attached hydrogens (tertiary/aromatic N) is 4. The van der Waals surface area contributed by atoms with Crippen LogP contribution in [0.4, 0.5) is 5.69 Å². The molecule has 0 unspecified atom stereocenters. The molecule has 7 nitrogen and oxygen atoms in total. The maximum absolute atomic E-state index is 11.0. The van der Waals surface area contributed by atoms with Crippen LogP contribution in [0.1, 0.15) is 31.2 Å². The Morgan fingerprint density at radius 2 is 2.14 bits per heavy atom. The van der Waals surface area contributed by atoms with Gasteiger partial charge >= 0.3 is 0 Å². The van der Waals surface area contributed by atoms with E-state index in [9.17, 15) is 10.1 Å². The number of nitro groups is 1. The van der Waals surface area contributed by atoms with Crippen LogP contribution in [-0.4, -0.2) is 19.8 Å². The highest BCUT2D eigenvalue weighted by atomic mass is 32.2. The lowest BCUT2D eigenvalue weighted by Crippen LogP contribution is -2.14. The molecular formula is C13H17N5O2S. The first-order chi connectivity index (χ1) is 10.1. The lowest BCUT2D eigenvalue weighted by Gasteiger charge is -2.04. The van der Waals surface area contributed by atoms with E-state index < -0.39 is 0 Å². The Morgan fingerprint density at radius 3 is 2.86 bits per heavy atom. The number of nitrogens with two attached hydrogens (primary N) is 1. The van der Waals surface area contributed by atoms with E-state index in [2.05, 4.69) is 17.1 Å². The van der Waals surface area contributed by atoms with Crippen LogP contribution >= 0.6 is 11.8 Å². The van der Waals surface area contributed by atoms with Crippen molar-refractivity contribution in [3.8, 4) is 0 Å². The van der Waals surface area contributed by atoms with E-state index in [4.69, 9.17) is 5.84 Å². The van der Waals surface area contributed by atoms with Crippen molar-refractivity contribution in [2.45, 2.75) is 37.1 Å². The summed E-state index contributed by atoms with van der Waals surface area (Å²) in [4.78, 5) is 10.6. The Balaban J connectivity index is 2.07. The van der Waals surface area contributed by atoms with Gasteiger partial charge in [0, 0.05) is 23.8 Å². The Kier molecular flexibility index (Phi) is 5.15. The number of rotatable bonds is 7. The van der Waals surface area contributed by atoms with Crippen LogP contribution in [0.3, 0.4) is 0 Å². The summed E-state index contributed by atoms with van der Waals surface area (Å²) in [6.45, 7) is 2.10. The fourth-order valence-electron chi connectivity index (χ4n) is 1.86. The van der Waals surface area contributed by atoms with Gasteiger partial charge in [-0.05, 0) is 6.42 Å². The van der Waals surface area contributed by atoms with Crippen molar-refractivity contribution in [2.24, 2.45) is 0 Å². The number of aryl methyl sites for hydroxylation is 1. The minimum atomic E-state index is -0.379. The van der Waals surface area contributed by atoms with Crippen LogP contribution < -0.4 is 5.84 Å². The molecule has 0 bridgehead atoms. The number of aromatic nitrogens is 3. The average molecular weight is 307 g/mol. The number of para-hydroxylation sites is 1. The molecule has 0 saturated carbocycles. The van der Waals surface area contributed by atoms with Gasteiger partial charge in [0.1, 0.15) is 0 Å². The second-order valence-electron chi connectivity index (χ2n) is 4.55. The number of hydrogen-bond acceptors (Lipinski definition) is 6. The van der Waals surface area contributed by atoms with E-state index in [1.54, 1.807) is 18.2 Å². The van der Waals surface area contributed by atoms with Gasteiger partial charge in [-0.3, -0.25) is 10.1 Å². The topological polar surface area (TPSA) is 99.9 Å². The van der Waals surface area contributed by atoms with Crippen LogP contribution in [-0.2, 0) is 12.2 Å². The Hall–Kier alpha value is -2.09.